The second kappa shape index (κ2) is 9.68. The van der Waals surface area contributed by atoms with Gasteiger partial charge in [-0.1, -0.05) is 0 Å². The largest absolute Gasteiger partial charge is 0.479 e. The lowest BCUT2D eigenvalue weighted by Gasteiger charge is -2.42. The molecule has 0 bridgehead atoms. The third-order valence-electron chi connectivity index (χ3n) is 6.32. The number of rotatable bonds is 5. The number of aryl methyl sites for hydroxylation is 1. The maximum atomic E-state index is 13.2. The molecule has 2 amide bonds. The van der Waals surface area contributed by atoms with Gasteiger partial charge in [-0.15, -0.1) is 5.10 Å². The van der Waals surface area contributed by atoms with Gasteiger partial charge >= 0.3 is 12.2 Å². The summed E-state index contributed by atoms with van der Waals surface area (Å²) in [5.74, 6) is 0.426. The van der Waals surface area contributed by atoms with Crippen LogP contribution in [0.3, 0.4) is 0 Å². The predicted molar refractivity (Wildman–Crippen MR) is 125 cm³/mol. The van der Waals surface area contributed by atoms with E-state index in [2.05, 4.69) is 25.4 Å². The number of aromatic nitrogens is 4. The molecule has 4 heterocycles. The van der Waals surface area contributed by atoms with Gasteiger partial charge in [0.25, 0.3) is 5.56 Å². The van der Waals surface area contributed by atoms with Crippen LogP contribution < -0.4 is 20.5 Å². The number of urea groups is 1. The predicted octanol–water partition coefficient (Wildman–Crippen LogP) is 2.44. The number of alkyl halides is 3. The van der Waals surface area contributed by atoms with E-state index >= 15 is 0 Å². The molecule has 2 N–H and O–H groups in total. The van der Waals surface area contributed by atoms with Crippen LogP contribution in [0, 0.1) is 0 Å². The maximum absolute atomic E-state index is 13.2. The SMILES string of the molecule is COc1n[nH]c2ncc(N3CC[C@H](N(C)C(=O)Nc4cc(C(F)(F)F)cn(C)c4=O)[C@@H](OC)C3)cc12. The molecule has 0 radical (unpaired) electrons. The Hall–Kier alpha value is -3.81. The molecule has 4 rings (SSSR count). The van der Waals surface area contributed by atoms with Crippen LogP contribution in [0.25, 0.3) is 11.0 Å². The van der Waals surface area contributed by atoms with E-state index in [1.165, 1.54) is 33.2 Å². The maximum Gasteiger partial charge on any atom is 0.417 e. The zero-order valence-corrected chi connectivity index (χ0v) is 20.1. The first-order chi connectivity index (χ1) is 17.0. The quantitative estimate of drug-likeness (QED) is 0.543. The van der Waals surface area contributed by atoms with Crippen LogP contribution >= 0.6 is 0 Å². The Bertz CT molecular complexity index is 1320. The number of piperidine rings is 1. The number of amides is 2. The lowest BCUT2D eigenvalue weighted by atomic mass is 10.00. The highest BCUT2D eigenvalue weighted by Gasteiger charge is 2.36. The van der Waals surface area contributed by atoms with Gasteiger partial charge in [0.2, 0.25) is 5.88 Å². The number of H-pyrrole nitrogens is 1. The number of carbonyl (C=O) groups is 1. The topological polar surface area (TPSA) is 118 Å². The molecular formula is C22H26F3N7O4. The smallest absolute Gasteiger partial charge is 0.417 e. The Labute approximate surface area is 203 Å². The van der Waals surface area contributed by atoms with Crippen molar-refractivity contribution in [3.05, 3.63) is 40.4 Å². The van der Waals surface area contributed by atoms with Gasteiger partial charge in [-0.25, -0.2) is 9.78 Å². The summed E-state index contributed by atoms with van der Waals surface area (Å²) in [5, 5.41) is 9.91. The van der Waals surface area contributed by atoms with Gasteiger partial charge in [-0.2, -0.15) is 13.2 Å². The van der Waals surface area contributed by atoms with Crippen molar-refractivity contribution < 1.29 is 27.4 Å². The lowest BCUT2D eigenvalue weighted by molar-refractivity contribution is -0.138. The molecule has 1 aliphatic heterocycles. The number of fused-ring (bicyclic) bond motifs is 1. The van der Waals surface area contributed by atoms with Crippen molar-refractivity contribution in [2.24, 2.45) is 7.05 Å². The summed E-state index contributed by atoms with van der Waals surface area (Å²) in [5.41, 5.74) is -0.830. The highest BCUT2D eigenvalue weighted by atomic mass is 19.4. The number of aromatic amines is 1. The number of halogens is 3. The molecule has 0 aliphatic carbocycles. The number of ether oxygens (including phenoxy) is 2. The van der Waals surface area contributed by atoms with Crippen molar-refractivity contribution in [1.82, 2.24) is 24.6 Å². The highest BCUT2D eigenvalue weighted by molar-refractivity contribution is 5.89. The molecule has 3 aromatic heterocycles. The monoisotopic (exact) mass is 509 g/mol. The molecule has 194 valence electrons. The summed E-state index contributed by atoms with van der Waals surface area (Å²) in [4.78, 5) is 33.0. The Morgan fingerprint density at radius 3 is 2.72 bits per heavy atom. The molecule has 1 saturated heterocycles. The van der Waals surface area contributed by atoms with Gasteiger partial charge in [-0.05, 0) is 18.6 Å². The minimum absolute atomic E-state index is 0.388. The minimum atomic E-state index is -4.66. The summed E-state index contributed by atoms with van der Waals surface area (Å²) < 4.78 is 51.2. The second-order valence-electron chi connectivity index (χ2n) is 8.50. The van der Waals surface area contributed by atoms with E-state index in [-0.39, 0.29) is 6.04 Å². The number of carbonyl (C=O) groups excluding carboxylic acids is 1. The Morgan fingerprint density at radius 2 is 2.06 bits per heavy atom. The van der Waals surface area contributed by atoms with E-state index in [1.807, 2.05) is 6.07 Å². The first-order valence-corrected chi connectivity index (χ1v) is 11.0. The van der Waals surface area contributed by atoms with Gasteiger partial charge in [0.05, 0.1) is 42.1 Å². The third-order valence-corrected chi connectivity index (χ3v) is 6.32. The number of methoxy groups -OCH3 is 2. The van der Waals surface area contributed by atoms with Gasteiger partial charge in [0.15, 0.2) is 5.65 Å². The van der Waals surface area contributed by atoms with Gasteiger partial charge in [0, 0.05) is 40.5 Å². The van der Waals surface area contributed by atoms with E-state index in [1.54, 1.807) is 6.20 Å². The average molecular weight is 509 g/mol. The summed E-state index contributed by atoms with van der Waals surface area (Å²) in [6.45, 7) is 0.984. The van der Waals surface area contributed by atoms with Crippen molar-refractivity contribution in [3.63, 3.8) is 0 Å². The van der Waals surface area contributed by atoms with Crippen molar-refractivity contribution in [2.75, 3.05) is 44.6 Å². The fourth-order valence-corrected chi connectivity index (χ4v) is 4.32. The number of pyridine rings is 2. The molecule has 3 aromatic rings. The zero-order chi connectivity index (χ0) is 26.2. The Kier molecular flexibility index (Phi) is 6.80. The normalized spacial score (nSPS) is 18.4. The number of likely N-dealkylation sites (N-methyl/N-ethyl adjacent to an activating group) is 1. The highest BCUT2D eigenvalue weighted by Crippen LogP contribution is 2.31. The second-order valence-corrected chi connectivity index (χ2v) is 8.50. The molecule has 2 atom stereocenters. The van der Waals surface area contributed by atoms with Crippen molar-refractivity contribution >= 4 is 28.4 Å². The summed E-state index contributed by atoms with van der Waals surface area (Å²) >= 11 is 0. The number of nitrogens with zero attached hydrogens (tertiary/aromatic N) is 5. The van der Waals surface area contributed by atoms with Crippen molar-refractivity contribution in [2.45, 2.75) is 24.7 Å². The molecule has 0 spiro atoms. The number of hydrogen-bond acceptors (Lipinski definition) is 7. The lowest BCUT2D eigenvalue weighted by Crippen LogP contribution is -2.56. The third kappa shape index (κ3) is 4.80. The first kappa shape index (κ1) is 25.3. The van der Waals surface area contributed by atoms with E-state index < -0.39 is 35.1 Å². The standard InChI is InChI=1S/C22H26F3N7O4/c1-30-10-12(22(23,24)25)7-15(20(30)33)27-21(34)31(2)16-5-6-32(11-17(16)35-3)13-8-14-18(26-9-13)28-29-19(14)36-4/h7-10,16-17H,5-6,11H2,1-4H3,(H,27,34)(H,26,28,29)/t16-,17-/m0/s1. The van der Waals surface area contributed by atoms with Crippen LogP contribution in [-0.2, 0) is 18.0 Å². The van der Waals surface area contributed by atoms with Crippen molar-refractivity contribution in [3.8, 4) is 5.88 Å². The van der Waals surface area contributed by atoms with E-state index in [4.69, 9.17) is 9.47 Å². The van der Waals surface area contributed by atoms with Gasteiger partial charge in [0.1, 0.15) is 5.69 Å². The zero-order valence-electron chi connectivity index (χ0n) is 20.1. The minimum Gasteiger partial charge on any atom is -0.479 e. The molecule has 1 fully saturated rings. The first-order valence-electron chi connectivity index (χ1n) is 11.0. The van der Waals surface area contributed by atoms with Crippen LogP contribution in [0.1, 0.15) is 12.0 Å². The van der Waals surface area contributed by atoms with Gasteiger partial charge < -0.3 is 29.2 Å². The Balaban J connectivity index is 1.49. The molecule has 36 heavy (non-hydrogen) atoms. The number of hydrogen-bond donors (Lipinski definition) is 2. The van der Waals surface area contributed by atoms with Crippen molar-refractivity contribution in [1.29, 1.82) is 0 Å². The molecule has 0 saturated carbocycles. The molecule has 11 nitrogen and oxygen atoms in total. The summed E-state index contributed by atoms with van der Waals surface area (Å²) in [7, 11) is 5.75. The fraction of sp³-hybridized carbons (Fsp3) is 0.455. The van der Waals surface area contributed by atoms with E-state index in [0.717, 1.165) is 15.6 Å². The van der Waals surface area contributed by atoms with E-state index in [9.17, 15) is 22.8 Å². The van der Waals surface area contributed by atoms with Crippen LogP contribution in [0.15, 0.2) is 29.3 Å². The van der Waals surface area contributed by atoms with Crippen LogP contribution in [0.2, 0.25) is 0 Å². The van der Waals surface area contributed by atoms with E-state index in [0.29, 0.717) is 43.3 Å². The molecule has 0 unspecified atom stereocenters. The number of nitrogens with one attached hydrogen (secondary N) is 2. The van der Waals surface area contributed by atoms with Crippen LogP contribution in [0.5, 0.6) is 5.88 Å². The Morgan fingerprint density at radius 1 is 1.31 bits per heavy atom. The van der Waals surface area contributed by atoms with Crippen LogP contribution in [0.4, 0.5) is 29.3 Å². The van der Waals surface area contributed by atoms with Gasteiger partial charge in [-0.3, -0.25) is 9.89 Å². The summed E-state index contributed by atoms with van der Waals surface area (Å²) in [6, 6.07) is 1.44. The van der Waals surface area contributed by atoms with Crippen LogP contribution in [-0.4, -0.2) is 77.2 Å². The fourth-order valence-electron chi connectivity index (χ4n) is 4.32. The molecule has 0 aromatic carbocycles. The molecule has 14 heteroatoms. The molecular weight excluding hydrogens is 483 g/mol. The number of anilines is 2. The average Bonchev–Trinajstić information content (AvgIpc) is 3.27. The molecule has 1 aliphatic rings. The summed E-state index contributed by atoms with van der Waals surface area (Å²) in [6.07, 6.45) is -2.19.